The van der Waals surface area contributed by atoms with Crippen LogP contribution in [0.5, 0.6) is 0 Å². The fourth-order valence-electron chi connectivity index (χ4n) is 4.65. The molecule has 1 aromatic heterocycles. The van der Waals surface area contributed by atoms with Gasteiger partial charge >= 0.3 is 6.03 Å². The van der Waals surface area contributed by atoms with Crippen molar-refractivity contribution in [3.8, 4) is 0 Å². The Hall–Kier alpha value is -1.56. The first kappa shape index (κ1) is 17.8. The van der Waals surface area contributed by atoms with Gasteiger partial charge in [-0.1, -0.05) is 12.8 Å². The summed E-state index contributed by atoms with van der Waals surface area (Å²) in [6.07, 6.45) is 12.9. The predicted molar refractivity (Wildman–Crippen MR) is 102 cm³/mol. The Bertz CT molecular complexity index is 617. The molecule has 6 nitrogen and oxygen atoms in total. The van der Waals surface area contributed by atoms with Gasteiger partial charge in [0.1, 0.15) is 5.82 Å². The number of amides is 2. The van der Waals surface area contributed by atoms with Gasteiger partial charge in [0, 0.05) is 63.1 Å². The number of nitrogens with one attached hydrogen (secondary N) is 1. The van der Waals surface area contributed by atoms with Gasteiger partial charge in [-0.05, 0) is 39.0 Å². The van der Waals surface area contributed by atoms with E-state index in [1.807, 2.05) is 24.2 Å². The number of hydrogen-bond acceptors (Lipinski definition) is 3. The second-order valence-electron chi connectivity index (χ2n) is 8.58. The van der Waals surface area contributed by atoms with Crippen molar-refractivity contribution in [2.45, 2.75) is 64.5 Å². The van der Waals surface area contributed by atoms with Crippen LogP contribution in [0.3, 0.4) is 0 Å². The first-order chi connectivity index (χ1) is 12.7. The van der Waals surface area contributed by atoms with Crippen LogP contribution >= 0.6 is 0 Å². The summed E-state index contributed by atoms with van der Waals surface area (Å²) in [5, 5.41) is 3.23. The first-order valence-electron chi connectivity index (χ1n) is 10.4. The quantitative estimate of drug-likeness (QED) is 0.879. The topological polar surface area (TPSA) is 53.4 Å². The molecule has 0 bridgehead atoms. The number of imidazole rings is 1. The molecule has 1 aliphatic heterocycles. The third-order valence-corrected chi connectivity index (χ3v) is 6.66. The summed E-state index contributed by atoms with van der Waals surface area (Å²) in [6.45, 7) is 7.75. The Kier molecular flexibility index (Phi) is 5.20. The Labute approximate surface area is 156 Å². The number of carbonyl (C=O) groups excluding carboxylic acids is 1. The maximum atomic E-state index is 12.7. The molecule has 2 aliphatic carbocycles. The van der Waals surface area contributed by atoms with E-state index in [2.05, 4.69) is 19.8 Å². The maximum Gasteiger partial charge on any atom is 0.317 e. The van der Waals surface area contributed by atoms with E-state index < -0.39 is 0 Å². The molecule has 0 radical (unpaired) electrons. The van der Waals surface area contributed by atoms with Gasteiger partial charge in [-0.15, -0.1) is 0 Å². The zero-order valence-corrected chi connectivity index (χ0v) is 16.1. The first-order valence-corrected chi connectivity index (χ1v) is 10.4. The summed E-state index contributed by atoms with van der Waals surface area (Å²) in [7, 11) is 0. The Balaban J connectivity index is 1.25. The molecule has 6 heteroatoms. The number of carbonyl (C=O) groups is 1. The molecule has 0 spiro atoms. The predicted octanol–water partition coefficient (Wildman–Crippen LogP) is 2.63. The second kappa shape index (κ2) is 7.59. The van der Waals surface area contributed by atoms with Crippen molar-refractivity contribution < 1.29 is 4.79 Å². The van der Waals surface area contributed by atoms with Gasteiger partial charge in [0.05, 0.1) is 0 Å². The van der Waals surface area contributed by atoms with Crippen molar-refractivity contribution in [1.29, 1.82) is 0 Å². The number of rotatable bonds is 5. The molecule has 26 heavy (non-hydrogen) atoms. The second-order valence-corrected chi connectivity index (χ2v) is 8.58. The summed E-state index contributed by atoms with van der Waals surface area (Å²) in [5.41, 5.74) is 0.239. The summed E-state index contributed by atoms with van der Waals surface area (Å²) >= 11 is 0. The molecule has 0 aromatic carbocycles. The molecular formula is C20H33N5O. The third-order valence-electron chi connectivity index (χ3n) is 6.66. The lowest BCUT2D eigenvalue weighted by atomic mass is 10.1. The van der Waals surface area contributed by atoms with Gasteiger partial charge in [0.2, 0.25) is 0 Å². The molecule has 144 valence electrons. The van der Waals surface area contributed by atoms with Gasteiger partial charge in [-0.3, -0.25) is 4.90 Å². The van der Waals surface area contributed by atoms with E-state index >= 15 is 0 Å². The van der Waals surface area contributed by atoms with Crippen molar-refractivity contribution in [3.63, 3.8) is 0 Å². The van der Waals surface area contributed by atoms with E-state index in [4.69, 9.17) is 0 Å². The summed E-state index contributed by atoms with van der Waals surface area (Å²) in [6, 6.07) is 0.901. The molecule has 4 rings (SSSR count). The van der Waals surface area contributed by atoms with Gasteiger partial charge in [0.25, 0.3) is 0 Å². The number of nitrogens with zero attached hydrogens (tertiary/aromatic N) is 4. The third kappa shape index (κ3) is 4.05. The van der Waals surface area contributed by atoms with E-state index in [1.165, 1.54) is 38.5 Å². The van der Waals surface area contributed by atoms with Crippen LogP contribution in [0.2, 0.25) is 0 Å². The van der Waals surface area contributed by atoms with E-state index in [1.54, 1.807) is 0 Å². The summed E-state index contributed by atoms with van der Waals surface area (Å²) in [4.78, 5) is 21.7. The minimum Gasteiger partial charge on any atom is -0.337 e. The average molecular weight is 360 g/mol. The van der Waals surface area contributed by atoms with Crippen molar-refractivity contribution in [2.75, 3.05) is 32.7 Å². The Morgan fingerprint density at radius 3 is 2.69 bits per heavy atom. The standard InChI is InChI=1S/C20H33N5O/c1-17-21-9-12-25(17)16-20(7-8-20)15-22-19(26)24-11-4-10-23(13-14-24)18-5-2-3-6-18/h9,12,18H,2-8,10-11,13-16H2,1H3,(H,22,26). The van der Waals surface area contributed by atoms with Gasteiger partial charge in [-0.2, -0.15) is 0 Å². The van der Waals surface area contributed by atoms with Crippen LogP contribution in [0, 0.1) is 12.3 Å². The highest BCUT2D eigenvalue weighted by Gasteiger charge is 2.43. The molecule has 2 amide bonds. The molecule has 1 saturated heterocycles. The number of aryl methyl sites for hydroxylation is 1. The maximum absolute atomic E-state index is 12.7. The Morgan fingerprint density at radius 2 is 2.00 bits per heavy atom. The van der Waals surface area contributed by atoms with Crippen LogP contribution in [-0.4, -0.2) is 64.1 Å². The molecule has 2 heterocycles. The molecular weight excluding hydrogens is 326 g/mol. The monoisotopic (exact) mass is 359 g/mol. The van der Waals surface area contributed by atoms with Crippen LogP contribution in [0.25, 0.3) is 0 Å². The minimum absolute atomic E-state index is 0.131. The highest BCUT2D eigenvalue weighted by molar-refractivity contribution is 5.74. The van der Waals surface area contributed by atoms with Crippen LogP contribution in [0.4, 0.5) is 4.79 Å². The average Bonchev–Trinajstić information content (AvgIpc) is 3.09. The molecule has 0 atom stereocenters. The van der Waals surface area contributed by atoms with Crippen LogP contribution < -0.4 is 5.32 Å². The fraction of sp³-hybridized carbons (Fsp3) is 0.800. The molecule has 1 aromatic rings. The van der Waals surface area contributed by atoms with E-state index in [0.717, 1.165) is 57.6 Å². The normalized spacial score (nSPS) is 23.8. The van der Waals surface area contributed by atoms with Gasteiger partial charge < -0.3 is 14.8 Å². The summed E-state index contributed by atoms with van der Waals surface area (Å²) in [5.74, 6) is 1.06. The van der Waals surface area contributed by atoms with Crippen molar-refractivity contribution >= 4 is 6.03 Å². The minimum atomic E-state index is 0.131. The van der Waals surface area contributed by atoms with E-state index in [-0.39, 0.29) is 11.4 Å². The van der Waals surface area contributed by atoms with Crippen LogP contribution in [0.15, 0.2) is 12.4 Å². The lowest BCUT2D eigenvalue weighted by Gasteiger charge is -2.27. The zero-order valence-electron chi connectivity index (χ0n) is 16.1. The van der Waals surface area contributed by atoms with E-state index in [0.29, 0.717) is 0 Å². The number of aromatic nitrogens is 2. The molecule has 3 fully saturated rings. The molecule has 0 unspecified atom stereocenters. The van der Waals surface area contributed by atoms with Gasteiger partial charge in [-0.25, -0.2) is 9.78 Å². The zero-order chi connectivity index (χ0) is 18.0. The van der Waals surface area contributed by atoms with Crippen molar-refractivity contribution in [3.05, 3.63) is 18.2 Å². The lowest BCUT2D eigenvalue weighted by molar-refractivity contribution is 0.185. The van der Waals surface area contributed by atoms with Gasteiger partial charge in [0.15, 0.2) is 0 Å². The van der Waals surface area contributed by atoms with Crippen LogP contribution in [0.1, 0.15) is 50.8 Å². The number of urea groups is 1. The fourth-order valence-corrected chi connectivity index (χ4v) is 4.65. The SMILES string of the molecule is Cc1nccn1CC1(CNC(=O)N2CCCN(C3CCCC3)CC2)CC1. The van der Waals surface area contributed by atoms with Crippen molar-refractivity contribution in [2.24, 2.45) is 5.41 Å². The molecule has 1 N–H and O–H groups in total. The van der Waals surface area contributed by atoms with E-state index in [9.17, 15) is 4.79 Å². The smallest absolute Gasteiger partial charge is 0.317 e. The highest BCUT2D eigenvalue weighted by Crippen LogP contribution is 2.46. The lowest BCUT2D eigenvalue weighted by Crippen LogP contribution is -2.45. The van der Waals surface area contributed by atoms with Crippen molar-refractivity contribution in [1.82, 2.24) is 24.7 Å². The molecule has 2 saturated carbocycles. The largest absolute Gasteiger partial charge is 0.337 e. The highest BCUT2D eigenvalue weighted by atomic mass is 16.2. The van der Waals surface area contributed by atoms with Crippen LogP contribution in [-0.2, 0) is 6.54 Å². The Morgan fingerprint density at radius 1 is 1.19 bits per heavy atom. The molecule has 3 aliphatic rings. The summed E-state index contributed by atoms with van der Waals surface area (Å²) < 4.78 is 2.21. The number of hydrogen-bond donors (Lipinski definition) is 1.